The van der Waals surface area contributed by atoms with Crippen LogP contribution in [0, 0.1) is 17.0 Å². The summed E-state index contributed by atoms with van der Waals surface area (Å²) in [6.45, 7) is 1.82. The van der Waals surface area contributed by atoms with E-state index in [1.165, 1.54) is 12.3 Å². The van der Waals surface area contributed by atoms with E-state index in [4.69, 9.17) is 11.6 Å². The van der Waals surface area contributed by atoms with Crippen LogP contribution in [0.1, 0.15) is 11.3 Å². The molecule has 0 saturated carbocycles. The quantitative estimate of drug-likeness (QED) is 0.422. The highest BCUT2D eigenvalue weighted by Crippen LogP contribution is 2.24. The van der Waals surface area contributed by atoms with Crippen molar-refractivity contribution in [3.05, 3.63) is 81.1 Å². The summed E-state index contributed by atoms with van der Waals surface area (Å²) in [4.78, 5) is 10.5. The zero-order valence-electron chi connectivity index (χ0n) is 13.3. The van der Waals surface area contributed by atoms with Crippen molar-refractivity contribution in [1.82, 2.24) is 9.78 Å². The van der Waals surface area contributed by atoms with Gasteiger partial charge in [0.25, 0.3) is 5.69 Å². The molecule has 8 heteroatoms. The number of hydrogen-bond acceptors (Lipinski definition) is 5. The van der Waals surface area contributed by atoms with Gasteiger partial charge in [-0.15, -0.1) is 0 Å². The van der Waals surface area contributed by atoms with Crippen LogP contribution in [0.25, 0.3) is 5.69 Å². The summed E-state index contributed by atoms with van der Waals surface area (Å²) < 4.78 is 1.61. The molecule has 1 aromatic heterocycles. The monoisotopic (exact) mass is 355 g/mol. The maximum Gasteiger partial charge on any atom is 0.294 e. The van der Waals surface area contributed by atoms with Crippen molar-refractivity contribution in [3.63, 3.8) is 0 Å². The van der Waals surface area contributed by atoms with Crippen molar-refractivity contribution in [2.75, 3.05) is 5.43 Å². The first-order chi connectivity index (χ1) is 12.1. The van der Waals surface area contributed by atoms with E-state index in [-0.39, 0.29) is 5.69 Å². The van der Waals surface area contributed by atoms with Gasteiger partial charge in [-0.25, -0.2) is 4.68 Å². The molecule has 0 aliphatic heterocycles. The third-order valence-corrected chi connectivity index (χ3v) is 3.89. The summed E-state index contributed by atoms with van der Waals surface area (Å²) in [6, 6.07) is 15.8. The lowest BCUT2D eigenvalue weighted by molar-refractivity contribution is -0.384. The normalized spacial score (nSPS) is 11.0. The first-order valence-corrected chi connectivity index (χ1v) is 7.79. The number of nitro groups is 1. The zero-order valence-corrected chi connectivity index (χ0v) is 14.0. The Kier molecular flexibility index (Phi) is 4.76. The van der Waals surface area contributed by atoms with Gasteiger partial charge in [0.2, 0.25) is 0 Å². The van der Waals surface area contributed by atoms with E-state index >= 15 is 0 Å². The van der Waals surface area contributed by atoms with E-state index in [1.807, 2.05) is 37.3 Å². The molecule has 0 atom stereocenters. The Bertz CT molecular complexity index is 937. The Morgan fingerprint density at radius 3 is 2.60 bits per heavy atom. The molecule has 2 aromatic carbocycles. The molecule has 3 aromatic rings. The van der Waals surface area contributed by atoms with Gasteiger partial charge in [-0.2, -0.15) is 10.2 Å². The number of hydrogen-bond donors (Lipinski definition) is 1. The van der Waals surface area contributed by atoms with E-state index in [1.54, 1.807) is 22.9 Å². The second-order valence-electron chi connectivity index (χ2n) is 5.18. The van der Waals surface area contributed by atoms with Crippen LogP contribution >= 0.6 is 11.6 Å². The zero-order chi connectivity index (χ0) is 17.8. The molecule has 7 nitrogen and oxygen atoms in total. The predicted molar refractivity (Wildman–Crippen MR) is 97.6 cm³/mol. The van der Waals surface area contributed by atoms with Crippen LogP contribution in [-0.4, -0.2) is 20.9 Å². The van der Waals surface area contributed by atoms with E-state index in [2.05, 4.69) is 15.6 Å². The number of halogens is 1. The minimum Gasteiger partial charge on any atom is -0.272 e. The molecule has 0 unspecified atom stereocenters. The van der Waals surface area contributed by atoms with Crippen LogP contribution < -0.4 is 5.43 Å². The number of hydrazone groups is 1. The number of anilines is 1. The van der Waals surface area contributed by atoms with Gasteiger partial charge in [0.1, 0.15) is 10.8 Å². The molecule has 0 saturated heterocycles. The lowest BCUT2D eigenvalue weighted by Gasteiger charge is -2.02. The molecule has 0 aliphatic carbocycles. The average molecular weight is 356 g/mol. The van der Waals surface area contributed by atoms with Crippen molar-refractivity contribution in [1.29, 1.82) is 0 Å². The van der Waals surface area contributed by atoms with E-state index in [0.717, 1.165) is 5.69 Å². The first kappa shape index (κ1) is 16.7. The second kappa shape index (κ2) is 7.14. The number of aromatic nitrogens is 2. The van der Waals surface area contributed by atoms with Crippen molar-refractivity contribution in [2.45, 2.75) is 6.92 Å². The molecule has 1 heterocycles. The van der Waals surface area contributed by atoms with Gasteiger partial charge in [-0.05, 0) is 25.1 Å². The number of nitrogens with zero attached hydrogens (tertiary/aromatic N) is 4. The Balaban J connectivity index is 1.86. The van der Waals surface area contributed by atoms with Crippen molar-refractivity contribution >= 4 is 29.2 Å². The van der Waals surface area contributed by atoms with Crippen LogP contribution in [0.15, 0.2) is 59.7 Å². The molecule has 1 N–H and O–H groups in total. The molecule has 0 radical (unpaired) electrons. The van der Waals surface area contributed by atoms with Gasteiger partial charge in [0.05, 0.1) is 28.1 Å². The predicted octanol–water partition coefficient (Wildman–Crippen LogP) is 4.19. The highest BCUT2D eigenvalue weighted by atomic mass is 35.5. The summed E-state index contributed by atoms with van der Waals surface area (Å²) >= 11 is 6.40. The number of nitro benzene ring substituents is 1. The van der Waals surface area contributed by atoms with Crippen molar-refractivity contribution < 1.29 is 4.92 Å². The summed E-state index contributed by atoms with van der Waals surface area (Å²) in [5.74, 6) is 0. The van der Waals surface area contributed by atoms with Crippen LogP contribution in [0.2, 0.25) is 5.15 Å². The highest BCUT2D eigenvalue weighted by molar-refractivity contribution is 6.32. The fourth-order valence-electron chi connectivity index (χ4n) is 2.29. The van der Waals surface area contributed by atoms with Gasteiger partial charge in [0, 0.05) is 6.07 Å². The SMILES string of the molecule is Cc1nn(-c2ccccc2)c(Cl)c1/C=N\Nc1ccccc1[N+](=O)[O-]. The van der Waals surface area contributed by atoms with Gasteiger partial charge in [-0.3, -0.25) is 15.5 Å². The van der Waals surface area contributed by atoms with E-state index < -0.39 is 4.92 Å². The van der Waals surface area contributed by atoms with Gasteiger partial charge in [0.15, 0.2) is 0 Å². The third kappa shape index (κ3) is 3.51. The van der Waals surface area contributed by atoms with Crippen molar-refractivity contribution in [2.24, 2.45) is 5.10 Å². The molecule has 0 fully saturated rings. The molecular formula is C17H14ClN5O2. The number of aryl methyl sites for hydroxylation is 1. The lowest BCUT2D eigenvalue weighted by atomic mass is 10.3. The first-order valence-electron chi connectivity index (χ1n) is 7.41. The fraction of sp³-hybridized carbons (Fsp3) is 0.0588. The highest BCUT2D eigenvalue weighted by Gasteiger charge is 2.14. The van der Waals surface area contributed by atoms with Crippen LogP contribution in [0.4, 0.5) is 11.4 Å². The Labute approximate surface area is 148 Å². The Hall–Kier alpha value is -3.19. The van der Waals surface area contributed by atoms with Crippen LogP contribution in [0.3, 0.4) is 0 Å². The minimum absolute atomic E-state index is 0.0533. The van der Waals surface area contributed by atoms with Crippen molar-refractivity contribution in [3.8, 4) is 5.69 Å². The molecule has 3 rings (SSSR count). The van der Waals surface area contributed by atoms with Gasteiger partial charge >= 0.3 is 0 Å². The molecular weight excluding hydrogens is 342 g/mol. The largest absolute Gasteiger partial charge is 0.294 e. The summed E-state index contributed by atoms with van der Waals surface area (Å²) in [6.07, 6.45) is 1.50. The van der Waals surface area contributed by atoms with Gasteiger partial charge < -0.3 is 0 Å². The summed E-state index contributed by atoms with van der Waals surface area (Å²) in [7, 11) is 0. The van der Waals surface area contributed by atoms with E-state index in [9.17, 15) is 10.1 Å². The van der Waals surface area contributed by atoms with Gasteiger partial charge in [-0.1, -0.05) is 41.9 Å². The van der Waals surface area contributed by atoms with Crippen LogP contribution in [0.5, 0.6) is 0 Å². The maximum absolute atomic E-state index is 11.0. The average Bonchev–Trinajstić information content (AvgIpc) is 2.91. The van der Waals surface area contributed by atoms with Crippen LogP contribution in [-0.2, 0) is 0 Å². The molecule has 0 bridgehead atoms. The fourth-order valence-corrected chi connectivity index (χ4v) is 2.61. The summed E-state index contributed by atoms with van der Waals surface area (Å²) in [5, 5.41) is 19.9. The molecule has 0 aliphatic rings. The smallest absolute Gasteiger partial charge is 0.272 e. The topological polar surface area (TPSA) is 85.3 Å². The standard InChI is InChI=1S/C17H14ClN5O2/c1-12-14(17(18)22(21-12)13-7-3-2-4-8-13)11-19-20-15-9-5-6-10-16(15)23(24)25/h2-11,20H,1H3/b19-11-. The minimum atomic E-state index is -0.469. The number of para-hydroxylation sites is 3. The summed E-state index contributed by atoms with van der Waals surface area (Å²) in [5.41, 5.74) is 5.09. The lowest BCUT2D eigenvalue weighted by Crippen LogP contribution is -1.97. The molecule has 0 amide bonds. The second-order valence-corrected chi connectivity index (χ2v) is 5.54. The number of nitrogens with one attached hydrogen (secondary N) is 1. The molecule has 25 heavy (non-hydrogen) atoms. The van der Waals surface area contributed by atoms with E-state index in [0.29, 0.717) is 22.1 Å². The Morgan fingerprint density at radius 1 is 1.20 bits per heavy atom. The Morgan fingerprint density at radius 2 is 1.88 bits per heavy atom. The maximum atomic E-state index is 11.0. The number of benzene rings is 2. The third-order valence-electron chi connectivity index (χ3n) is 3.53. The molecule has 126 valence electrons. The molecule has 0 spiro atoms. The number of rotatable bonds is 5.